The minimum Gasteiger partial charge on any atom is -0.392 e. The monoisotopic (exact) mass is 303 g/mol. The predicted octanol–water partition coefficient (Wildman–Crippen LogP) is 2.29. The Morgan fingerprint density at radius 2 is 1.95 bits per heavy atom. The summed E-state index contributed by atoms with van der Waals surface area (Å²) in [6, 6.07) is 2.52. The average Bonchev–Trinajstić information content (AvgIpc) is 2.38. The lowest BCUT2D eigenvalue weighted by atomic mass is 10.1. The van der Waals surface area contributed by atoms with E-state index >= 15 is 0 Å². The van der Waals surface area contributed by atoms with Gasteiger partial charge in [0.25, 0.3) is 0 Å². The molecule has 0 saturated heterocycles. The van der Waals surface area contributed by atoms with Gasteiger partial charge < -0.3 is 5.11 Å². The lowest BCUT2D eigenvalue weighted by Crippen LogP contribution is -2.34. The molecule has 0 amide bonds. The Morgan fingerprint density at radius 3 is 2.40 bits per heavy atom. The van der Waals surface area contributed by atoms with Gasteiger partial charge in [-0.25, -0.2) is 12.8 Å². The van der Waals surface area contributed by atoms with Crippen molar-refractivity contribution in [1.82, 2.24) is 4.31 Å². The second kappa shape index (κ2) is 6.65. The number of halogens is 1. The molecular weight excluding hydrogens is 281 g/mol. The van der Waals surface area contributed by atoms with Gasteiger partial charge in [0.2, 0.25) is 10.0 Å². The summed E-state index contributed by atoms with van der Waals surface area (Å²) in [7, 11) is -3.66. The van der Waals surface area contributed by atoms with E-state index in [1.54, 1.807) is 6.92 Å². The first-order valence-corrected chi connectivity index (χ1v) is 8.08. The van der Waals surface area contributed by atoms with E-state index in [9.17, 15) is 12.8 Å². The fourth-order valence-electron chi connectivity index (χ4n) is 2.02. The zero-order valence-electron chi connectivity index (χ0n) is 12.4. The van der Waals surface area contributed by atoms with Crippen molar-refractivity contribution in [2.75, 3.05) is 13.1 Å². The molecule has 20 heavy (non-hydrogen) atoms. The van der Waals surface area contributed by atoms with Crippen LogP contribution in [0.1, 0.15) is 31.9 Å². The van der Waals surface area contributed by atoms with E-state index < -0.39 is 22.4 Å². The molecule has 6 heteroatoms. The Hall–Kier alpha value is -0.980. The maximum atomic E-state index is 13.7. The molecule has 114 valence electrons. The molecule has 1 aromatic rings. The third-order valence-electron chi connectivity index (χ3n) is 3.03. The molecule has 1 N–H and O–H groups in total. The third-order valence-corrected chi connectivity index (χ3v) is 4.95. The van der Waals surface area contributed by atoms with Crippen molar-refractivity contribution in [2.24, 2.45) is 5.92 Å². The van der Waals surface area contributed by atoms with Crippen LogP contribution in [-0.4, -0.2) is 30.9 Å². The van der Waals surface area contributed by atoms with Gasteiger partial charge in [-0.05, 0) is 30.5 Å². The number of sulfonamides is 1. The maximum Gasteiger partial charge on any atom is 0.243 e. The highest BCUT2D eigenvalue weighted by molar-refractivity contribution is 7.89. The van der Waals surface area contributed by atoms with Crippen LogP contribution in [0.2, 0.25) is 0 Å². The van der Waals surface area contributed by atoms with Crippen LogP contribution < -0.4 is 0 Å². The predicted molar refractivity (Wildman–Crippen MR) is 76.3 cm³/mol. The summed E-state index contributed by atoms with van der Waals surface area (Å²) >= 11 is 0. The number of aliphatic hydroxyl groups is 1. The molecule has 1 rings (SSSR count). The maximum absolute atomic E-state index is 13.7. The van der Waals surface area contributed by atoms with Crippen LogP contribution in [-0.2, 0) is 16.6 Å². The second-order valence-electron chi connectivity index (χ2n) is 5.22. The Balaban J connectivity index is 3.31. The van der Waals surface area contributed by atoms with Gasteiger partial charge in [-0.3, -0.25) is 0 Å². The van der Waals surface area contributed by atoms with E-state index in [2.05, 4.69) is 0 Å². The van der Waals surface area contributed by atoms with Crippen LogP contribution in [0, 0.1) is 18.7 Å². The molecule has 0 fully saturated rings. The van der Waals surface area contributed by atoms with E-state index in [0.29, 0.717) is 13.1 Å². The van der Waals surface area contributed by atoms with Crippen LogP contribution in [0.25, 0.3) is 0 Å². The second-order valence-corrected chi connectivity index (χ2v) is 7.16. The smallest absolute Gasteiger partial charge is 0.243 e. The van der Waals surface area contributed by atoms with E-state index in [1.165, 1.54) is 23.4 Å². The Bertz CT molecular complexity index is 570. The van der Waals surface area contributed by atoms with Gasteiger partial charge in [-0.15, -0.1) is 0 Å². The highest BCUT2D eigenvalue weighted by atomic mass is 32.2. The summed E-state index contributed by atoms with van der Waals surface area (Å²) in [5.41, 5.74) is 0.222. The summed E-state index contributed by atoms with van der Waals surface area (Å²) in [6.07, 6.45) is 0. The first kappa shape index (κ1) is 17.1. The molecule has 0 aromatic heterocycles. The van der Waals surface area contributed by atoms with Gasteiger partial charge in [0, 0.05) is 18.7 Å². The summed E-state index contributed by atoms with van der Waals surface area (Å²) in [5, 5.41) is 9.13. The van der Waals surface area contributed by atoms with Crippen LogP contribution >= 0.6 is 0 Å². The topological polar surface area (TPSA) is 57.6 Å². The van der Waals surface area contributed by atoms with Crippen LogP contribution in [0.15, 0.2) is 17.0 Å². The minimum atomic E-state index is -3.66. The van der Waals surface area contributed by atoms with Crippen molar-refractivity contribution in [3.63, 3.8) is 0 Å². The molecule has 4 nitrogen and oxygen atoms in total. The highest BCUT2D eigenvalue weighted by Gasteiger charge is 2.25. The number of benzene rings is 1. The summed E-state index contributed by atoms with van der Waals surface area (Å²) in [6.45, 7) is 7.37. The molecule has 0 spiro atoms. The van der Waals surface area contributed by atoms with Crippen LogP contribution in [0.4, 0.5) is 4.39 Å². The largest absolute Gasteiger partial charge is 0.392 e. The third kappa shape index (κ3) is 3.56. The van der Waals surface area contributed by atoms with Crippen molar-refractivity contribution in [3.05, 3.63) is 29.1 Å². The molecule has 0 radical (unpaired) electrons. The zero-order valence-corrected chi connectivity index (χ0v) is 13.2. The van der Waals surface area contributed by atoms with Crippen molar-refractivity contribution >= 4 is 10.0 Å². The van der Waals surface area contributed by atoms with Gasteiger partial charge in [0.05, 0.1) is 11.5 Å². The van der Waals surface area contributed by atoms with E-state index in [4.69, 9.17) is 5.11 Å². The number of hydrogen-bond donors (Lipinski definition) is 1. The first-order chi connectivity index (χ1) is 9.23. The number of rotatable bonds is 6. The molecule has 0 aliphatic rings. The molecule has 0 atom stereocenters. The summed E-state index contributed by atoms with van der Waals surface area (Å²) in [4.78, 5) is 0.0305. The Labute approximate surface area is 120 Å². The average molecular weight is 303 g/mol. The van der Waals surface area contributed by atoms with Crippen molar-refractivity contribution in [1.29, 1.82) is 0 Å². The molecule has 0 unspecified atom stereocenters. The van der Waals surface area contributed by atoms with Crippen molar-refractivity contribution in [3.8, 4) is 0 Å². The molecule has 0 bridgehead atoms. The lowest BCUT2D eigenvalue weighted by molar-refractivity contribution is 0.275. The van der Waals surface area contributed by atoms with Crippen molar-refractivity contribution < 1.29 is 17.9 Å². The van der Waals surface area contributed by atoms with Gasteiger partial charge >= 0.3 is 0 Å². The lowest BCUT2D eigenvalue weighted by Gasteiger charge is -2.23. The number of aliphatic hydroxyl groups excluding tert-OH is 1. The van der Waals surface area contributed by atoms with Crippen molar-refractivity contribution in [2.45, 2.75) is 39.2 Å². The normalized spacial score (nSPS) is 12.4. The van der Waals surface area contributed by atoms with Crippen LogP contribution in [0.5, 0.6) is 0 Å². The first-order valence-electron chi connectivity index (χ1n) is 6.64. The van der Waals surface area contributed by atoms with Gasteiger partial charge in [-0.2, -0.15) is 4.31 Å². The molecular formula is C14H22FNO3S. The van der Waals surface area contributed by atoms with E-state index in [1.807, 2.05) is 13.8 Å². The molecule has 1 aromatic carbocycles. The Kier molecular flexibility index (Phi) is 5.68. The van der Waals surface area contributed by atoms with Gasteiger partial charge in [0.15, 0.2) is 0 Å². The zero-order chi connectivity index (χ0) is 15.5. The molecule has 0 aliphatic heterocycles. The number of nitrogens with zero attached hydrogens (tertiary/aromatic N) is 1. The Morgan fingerprint density at radius 1 is 1.35 bits per heavy atom. The molecule has 0 saturated carbocycles. The quantitative estimate of drug-likeness (QED) is 0.877. The summed E-state index contributed by atoms with van der Waals surface area (Å²) < 4.78 is 40.2. The highest BCUT2D eigenvalue weighted by Crippen LogP contribution is 2.23. The van der Waals surface area contributed by atoms with Gasteiger partial charge in [0.1, 0.15) is 5.82 Å². The number of aryl methyl sites for hydroxylation is 1. The molecule has 0 heterocycles. The fourth-order valence-corrected chi connectivity index (χ4v) is 3.77. The number of hydrogen-bond acceptors (Lipinski definition) is 3. The van der Waals surface area contributed by atoms with E-state index in [0.717, 1.165) is 0 Å². The van der Waals surface area contributed by atoms with Gasteiger partial charge in [-0.1, -0.05) is 20.8 Å². The van der Waals surface area contributed by atoms with E-state index in [-0.39, 0.29) is 21.9 Å². The summed E-state index contributed by atoms with van der Waals surface area (Å²) in [5.74, 6) is -0.359. The van der Waals surface area contributed by atoms with Crippen LogP contribution in [0.3, 0.4) is 0 Å². The SMILES string of the molecule is CCN(CC(C)C)S(=O)(=O)c1cc(C)c(F)c(CO)c1. The minimum absolute atomic E-state index is 0.00387. The molecule has 0 aliphatic carbocycles. The fraction of sp³-hybridized carbons (Fsp3) is 0.571. The standard InChI is InChI=1S/C14H22FNO3S/c1-5-16(8-10(2)3)20(18,19)13-6-11(4)14(15)12(7-13)9-17/h6-7,10,17H,5,8-9H2,1-4H3.